The molecule has 7 heteroatoms. The summed E-state index contributed by atoms with van der Waals surface area (Å²) in [5, 5.41) is 6.84. The molecule has 2 rings (SSSR count). The van der Waals surface area contributed by atoms with Crippen LogP contribution in [0.15, 0.2) is 28.9 Å². The standard InChI is InChI=1S/C13H16N4O3/c1-9-3-5-10(6-4-9)19-8-7-17(2)13(18)11-12(14)16-20-15-11/h3-6H,7-8H2,1-2H3,(H2,14,16). The molecule has 20 heavy (non-hydrogen) atoms. The van der Waals surface area contributed by atoms with Crippen LogP contribution in [0.4, 0.5) is 5.82 Å². The third-order valence-electron chi connectivity index (χ3n) is 2.78. The molecule has 0 radical (unpaired) electrons. The summed E-state index contributed by atoms with van der Waals surface area (Å²) >= 11 is 0. The number of amides is 1. The number of likely N-dealkylation sites (N-methyl/N-ethyl adjacent to an activating group) is 1. The summed E-state index contributed by atoms with van der Waals surface area (Å²) in [6.45, 7) is 2.78. The summed E-state index contributed by atoms with van der Waals surface area (Å²) in [6.07, 6.45) is 0. The van der Waals surface area contributed by atoms with Gasteiger partial charge in [-0.1, -0.05) is 17.7 Å². The Morgan fingerprint density at radius 3 is 2.65 bits per heavy atom. The molecule has 1 aromatic carbocycles. The second-order valence-electron chi connectivity index (χ2n) is 4.39. The van der Waals surface area contributed by atoms with E-state index >= 15 is 0 Å². The van der Waals surface area contributed by atoms with Crippen molar-refractivity contribution in [2.75, 3.05) is 25.9 Å². The first-order valence-corrected chi connectivity index (χ1v) is 6.11. The molecule has 0 atom stereocenters. The maximum absolute atomic E-state index is 11.9. The van der Waals surface area contributed by atoms with E-state index in [4.69, 9.17) is 10.5 Å². The van der Waals surface area contributed by atoms with Crippen LogP contribution in [-0.4, -0.2) is 41.3 Å². The number of rotatable bonds is 5. The molecule has 0 saturated heterocycles. The normalized spacial score (nSPS) is 10.3. The lowest BCUT2D eigenvalue weighted by molar-refractivity contribution is 0.0763. The smallest absolute Gasteiger partial charge is 0.279 e. The maximum Gasteiger partial charge on any atom is 0.279 e. The van der Waals surface area contributed by atoms with Crippen molar-refractivity contribution >= 4 is 11.7 Å². The molecule has 0 unspecified atom stereocenters. The number of nitrogens with zero attached hydrogens (tertiary/aromatic N) is 3. The number of ether oxygens (including phenoxy) is 1. The van der Waals surface area contributed by atoms with E-state index < -0.39 is 0 Å². The lowest BCUT2D eigenvalue weighted by atomic mass is 10.2. The van der Waals surface area contributed by atoms with Crippen LogP contribution in [0, 0.1) is 6.92 Å². The number of aryl methyl sites for hydroxylation is 1. The molecular weight excluding hydrogens is 260 g/mol. The Hall–Kier alpha value is -2.57. The van der Waals surface area contributed by atoms with Gasteiger partial charge in [0.1, 0.15) is 12.4 Å². The molecule has 1 amide bonds. The Morgan fingerprint density at radius 2 is 2.05 bits per heavy atom. The summed E-state index contributed by atoms with van der Waals surface area (Å²) in [5.41, 5.74) is 6.65. The number of nitrogens with two attached hydrogens (primary N) is 1. The highest BCUT2D eigenvalue weighted by molar-refractivity contribution is 5.95. The van der Waals surface area contributed by atoms with Gasteiger partial charge in [0.2, 0.25) is 11.5 Å². The Balaban J connectivity index is 1.83. The van der Waals surface area contributed by atoms with Crippen molar-refractivity contribution in [1.29, 1.82) is 0 Å². The second-order valence-corrected chi connectivity index (χ2v) is 4.39. The topological polar surface area (TPSA) is 94.5 Å². The first-order chi connectivity index (χ1) is 9.58. The number of benzene rings is 1. The minimum atomic E-state index is -0.351. The van der Waals surface area contributed by atoms with E-state index in [2.05, 4.69) is 14.9 Å². The van der Waals surface area contributed by atoms with Gasteiger partial charge in [-0.2, -0.15) is 0 Å². The second kappa shape index (κ2) is 6.05. The first-order valence-electron chi connectivity index (χ1n) is 6.11. The number of hydrogen-bond donors (Lipinski definition) is 1. The molecule has 0 aliphatic carbocycles. The Kier molecular flexibility index (Phi) is 4.19. The Morgan fingerprint density at radius 1 is 1.35 bits per heavy atom. The van der Waals surface area contributed by atoms with E-state index in [-0.39, 0.29) is 17.4 Å². The fourth-order valence-electron chi connectivity index (χ4n) is 1.56. The van der Waals surface area contributed by atoms with Crippen LogP contribution in [0.2, 0.25) is 0 Å². The van der Waals surface area contributed by atoms with Crippen molar-refractivity contribution in [2.45, 2.75) is 6.92 Å². The molecule has 0 aliphatic rings. The summed E-state index contributed by atoms with van der Waals surface area (Å²) in [7, 11) is 1.63. The van der Waals surface area contributed by atoms with Crippen LogP contribution in [0.1, 0.15) is 16.1 Å². The lowest BCUT2D eigenvalue weighted by Crippen LogP contribution is -2.31. The van der Waals surface area contributed by atoms with Crippen LogP contribution >= 0.6 is 0 Å². The van der Waals surface area contributed by atoms with Gasteiger partial charge in [-0.05, 0) is 29.4 Å². The van der Waals surface area contributed by atoms with Gasteiger partial charge in [0.15, 0.2) is 0 Å². The van der Waals surface area contributed by atoms with E-state index in [1.165, 1.54) is 10.5 Å². The number of anilines is 1. The van der Waals surface area contributed by atoms with Crippen molar-refractivity contribution in [3.8, 4) is 5.75 Å². The number of aromatic nitrogens is 2. The average Bonchev–Trinajstić information content (AvgIpc) is 2.86. The fraction of sp³-hybridized carbons (Fsp3) is 0.308. The van der Waals surface area contributed by atoms with Gasteiger partial charge >= 0.3 is 0 Å². The van der Waals surface area contributed by atoms with Crippen LogP contribution in [-0.2, 0) is 0 Å². The first kappa shape index (κ1) is 13.9. The number of carbonyl (C=O) groups excluding carboxylic acids is 1. The highest BCUT2D eigenvalue weighted by Gasteiger charge is 2.19. The number of nitrogen functional groups attached to an aromatic ring is 1. The summed E-state index contributed by atoms with van der Waals surface area (Å²) < 4.78 is 9.94. The van der Waals surface area contributed by atoms with E-state index in [0.29, 0.717) is 13.2 Å². The zero-order valence-corrected chi connectivity index (χ0v) is 11.4. The predicted octanol–water partition coefficient (Wildman–Crippen LogP) is 1.11. The quantitative estimate of drug-likeness (QED) is 0.879. The molecule has 0 aliphatic heterocycles. The van der Waals surface area contributed by atoms with Gasteiger partial charge < -0.3 is 15.4 Å². The summed E-state index contributed by atoms with van der Waals surface area (Å²) in [6, 6.07) is 7.70. The Bertz CT molecular complexity index is 580. The molecule has 0 fully saturated rings. The minimum Gasteiger partial charge on any atom is -0.492 e. The van der Waals surface area contributed by atoms with Crippen LogP contribution in [0.3, 0.4) is 0 Å². The number of carbonyl (C=O) groups is 1. The molecule has 1 heterocycles. The van der Waals surface area contributed by atoms with Crippen molar-refractivity contribution in [3.63, 3.8) is 0 Å². The van der Waals surface area contributed by atoms with Gasteiger partial charge in [-0.15, -0.1) is 0 Å². The van der Waals surface area contributed by atoms with Crippen molar-refractivity contribution in [2.24, 2.45) is 0 Å². The maximum atomic E-state index is 11.9. The van der Waals surface area contributed by atoms with Gasteiger partial charge in [0, 0.05) is 7.05 Å². The van der Waals surface area contributed by atoms with Crippen molar-refractivity contribution in [1.82, 2.24) is 15.2 Å². The monoisotopic (exact) mass is 276 g/mol. The average molecular weight is 276 g/mol. The molecule has 0 saturated carbocycles. The minimum absolute atomic E-state index is 0.0127. The molecule has 2 aromatic rings. The van der Waals surface area contributed by atoms with Gasteiger partial charge in [0.25, 0.3) is 5.91 Å². The highest BCUT2D eigenvalue weighted by atomic mass is 16.6. The van der Waals surface area contributed by atoms with Crippen molar-refractivity contribution < 1.29 is 14.2 Å². The van der Waals surface area contributed by atoms with Crippen LogP contribution in [0.5, 0.6) is 5.75 Å². The van der Waals surface area contributed by atoms with Crippen molar-refractivity contribution in [3.05, 3.63) is 35.5 Å². The lowest BCUT2D eigenvalue weighted by Gasteiger charge is -2.16. The van der Waals surface area contributed by atoms with E-state index in [0.717, 1.165) is 5.75 Å². The van der Waals surface area contributed by atoms with E-state index in [1.54, 1.807) is 7.05 Å². The number of hydrogen-bond acceptors (Lipinski definition) is 6. The fourth-order valence-corrected chi connectivity index (χ4v) is 1.56. The zero-order chi connectivity index (χ0) is 14.5. The van der Waals surface area contributed by atoms with Gasteiger partial charge in [-0.3, -0.25) is 4.79 Å². The molecule has 0 bridgehead atoms. The predicted molar refractivity (Wildman–Crippen MR) is 72.3 cm³/mol. The van der Waals surface area contributed by atoms with Crippen LogP contribution in [0.25, 0.3) is 0 Å². The third-order valence-corrected chi connectivity index (χ3v) is 2.78. The molecular formula is C13H16N4O3. The zero-order valence-electron chi connectivity index (χ0n) is 11.4. The molecule has 2 N–H and O–H groups in total. The summed E-state index contributed by atoms with van der Waals surface area (Å²) in [4.78, 5) is 13.4. The third kappa shape index (κ3) is 3.25. The SMILES string of the molecule is Cc1ccc(OCCN(C)C(=O)c2nonc2N)cc1. The van der Waals surface area contributed by atoms with E-state index in [9.17, 15) is 4.79 Å². The highest BCUT2D eigenvalue weighted by Crippen LogP contribution is 2.11. The Labute approximate surface area is 116 Å². The largest absolute Gasteiger partial charge is 0.492 e. The molecule has 0 spiro atoms. The van der Waals surface area contributed by atoms with Gasteiger partial charge in [-0.25, -0.2) is 4.63 Å². The van der Waals surface area contributed by atoms with Crippen LogP contribution < -0.4 is 10.5 Å². The molecule has 7 nitrogen and oxygen atoms in total. The van der Waals surface area contributed by atoms with Gasteiger partial charge in [0.05, 0.1) is 6.54 Å². The van der Waals surface area contributed by atoms with E-state index in [1.807, 2.05) is 31.2 Å². The molecule has 1 aromatic heterocycles. The molecule has 106 valence electrons. The summed E-state index contributed by atoms with van der Waals surface area (Å²) in [5.74, 6) is 0.400.